The number of carbonyl (C=O) groups is 1. The van der Waals surface area contributed by atoms with Crippen LogP contribution in [0.4, 0.5) is 0 Å². The second kappa shape index (κ2) is 11.3. The zero-order valence-electron chi connectivity index (χ0n) is 21.7. The highest BCUT2D eigenvalue weighted by atomic mass is 32.2. The molecule has 4 rings (SSSR count). The molecule has 10 heteroatoms. The first-order valence-corrected chi connectivity index (χ1v) is 14.4. The number of rotatable bonds is 12. The zero-order chi connectivity index (χ0) is 26.6. The van der Waals surface area contributed by atoms with Crippen LogP contribution in [0.5, 0.6) is 17.2 Å². The Morgan fingerprint density at radius 3 is 2.49 bits per heavy atom. The number of carboxylic acid groups (broad SMARTS) is 1. The Morgan fingerprint density at radius 1 is 1.11 bits per heavy atom. The van der Waals surface area contributed by atoms with E-state index in [0.717, 1.165) is 5.56 Å². The lowest BCUT2D eigenvalue weighted by molar-refractivity contribution is -0.150. The van der Waals surface area contributed by atoms with Crippen molar-refractivity contribution >= 4 is 16.0 Å². The predicted octanol–water partition coefficient (Wildman–Crippen LogP) is 3.65. The average Bonchev–Trinajstić information content (AvgIpc) is 3.51. The summed E-state index contributed by atoms with van der Waals surface area (Å²) in [6.07, 6.45) is 1.55. The standard InChI is InChI=1S/C27H36N2O7S/c1-4-12-29(37(32,33)15-5-2)14-13-28-18-21(20-6-11-24-25(16-20)36-19-35-24)17-27(28,26(30)31)22-7-9-23(34-3)10-8-22/h6-11,16,21H,4-5,12-15,17-19H2,1-3H3,(H,30,31). The van der Waals surface area contributed by atoms with Crippen molar-refractivity contribution in [1.29, 1.82) is 0 Å². The molecule has 2 unspecified atom stereocenters. The largest absolute Gasteiger partial charge is 0.497 e. The second-order valence-corrected chi connectivity index (χ2v) is 11.7. The summed E-state index contributed by atoms with van der Waals surface area (Å²) in [6.45, 7) is 5.35. The Labute approximate surface area is 219 Å². The third kappa shape index (κ3) is 5.42. The predicted molar refractivity (Wildman–Crippen MR) is 140 cm³/mol. The summed E-state index contributed by atoms with van der Waals surface area (Å²) in [7, 11) is -1.85. The van der Waals surface area contributed by atoms with E-state index in [2.05, 4.69) is 0 Å². The number of methoxy groups -OCH3 is 1. The van der Waals surface area contributed by atoms with E-state index < -0.39 is 21.5 Å². The molecule has 37 heavy (non-hydrogen) atoms. The molecule has 2 heterocycles. The highest BCUT2D eigenvalue weighted by molar-refractivity contribution is 7.89. The first kappa shape index (κ1) is 27.2. The van der Waals surface area contributed by atoms with Gasteiger partial charge in [0.2, 0.25) is 16.8 Å². The molecular formula is C27H36N2O7S. The van der Waals surface area contributed by atoms with Crippen molar-refractivity contribution in [2.24, 2.45) is 0 Å². The van der Waals surface area contributed by atoms with E-state index in [9.17, 15) is 18.3 Å². The van der Waals surface area contributed by atoms with Gasteiger partial charge in [0.15, 0.2) is 11.5 Å². The molecule has 0 bridgehead atoms. The van der Waals surface area contributed by atoms with Crippen molar-refractivity contribution in [2.45, 2.75) is 44.6 Å². The van der Waals surface area contributed by atoms with Gasteiger partial charge in [0.25, 0.3) is 0 Å². The number of ether oxygens (including phenoxy) is 3. The number of nitrogens with zero attached hydrogens (tertiary/aromatic N) is 2. The Balaban J connectivity index is 1.69. The number of carboxylic acids is 1. The Bertz CT molecular complexity index is 1200. The van der Waals surface area contributed by atoms with Crippen LogP contribution >= 0.6 is 0 Å². The van der Waals surface area contributed by atoms with Gasteiger partial charge in [0.05, 0.1) is 12.9 Å². The van der Waals surface area contributed by atoms with Crippen LogP contribution in [-0.4, -0.2) is 74.5 Å². The van der Waals surface area contributed by atoms with Gasteiger partial charge in [-0.1, -0.05) is 32.0 Å². The fourth-order valence-electron chi connectivity index (χ4n) is 5.42. The molecular weight excluding hydrogens is 496 g/mol. The number of benzene rings is 2. The molecule has 1 fully saturated rings. The van der Waals surface area contributed by atoms with Crippen LogP contribution in [0.15, 0.2) is 42.5 Å². The van der Waals surface area contributed by atoms with Crippen molar-refractivity contribution in [3.8, 4) is 17.2 Å². The van der Waals surface area contributed by atoms with Gasteiger partial charge in [-0.2, -0.15) is 0 Å². The van der Waals surface area contributed by atoms with Gasteiger partial charge in [-0.15, -0.1) is 0 Å². The van der Waals surface area contributed by atoms with Crippen LogP contribution in [0.1, 0.15) is 50.2 Å². The number of likely N-dealkylation sites (tertiary alicyclic amines) is 1. The summed E-state index contributed by atoms with van der Waals surface area (Å²) < 4.78 is 43.6. The van der Waals surface area contributed by atoms with Gasteiger partial charge in [-0.05, 0) is 60.6 Å². The minimum absolute atomic E-state index is 0.0787. The van der Waals surface area contributed by atoms with Crippen LogP contribution in [0.25, 0.3) is 0 Å². The molecule has 1 N–H and O–H groups in total. The van der Waals surface area contributed by atoms with Gasteiger partial charge in [-0.3, -0.25) is 4.90 Å². The van der Waals surface area contributed by atoms with Gasteiger partial charge >= 0.3 is 5.97 Å². The van der Waals surface area contributed by atoms with E-state index in [4.69, 9.17) is 14.2 Å². The molecule has 0 amide bonds. The fourth-order valence-corrected chi connectivity index (χ4v) is 7.01. The van der Waals surface area contributed by atoms with Crippen LogP contribution in [0, 0.1) is 0 Å². The second-order valence-electron chi connectivity index (χ2n) is 9.57. The molecule has 0 spiro atoms. The molecule has 2 atom stereocenters. The molecule has 2 aromatic rings. The van der Waals surface area contributed by atoms with Gasteiger partial charge in [-0.25, -0.2) is 17.5 Å². The number of hydrogen-bond acceptors (Lipinski definition) is 7. The average molecular weight is 533 g/mol. The highest BCUT2D eigenvalue weighted by Gasteiger charge is 2.53. The normalized spacial score (nSPS) is 21.5. The van der Waals surface area contributed by atoms with E-state index in [-0.39, 0.29) is 25.0 Å². The third-order valence-electron chi connectivity index (χ3n) is 7.26. The topological polar surface area (TPSA) is 106 Å². The summed E-state index contributed by atoms with van der Waals surface area (Å²) in [5.74, 6) is 0.991. The Kier molecular flexibility index (Phi) is 8.30. The van der Waals surface area contributed by atoms with E-state index in [1.807, 2.05) is 36.9 Å². The first-order chi connectivity index (χ1) is 17.7. The minimum atomic E-state index is -3.42. The minimum Gasteiger partial charge on any atom is -0.497 e. The molecule has 0 radical (unpaired) electrons. The van der Waals surface area contributed by atoms with Crippen LogP contribution in [0.2, 0.25) is 0 Å². The number of aliphatic carboxylic acids is 1. The van der Waals surface area contributed by atoms with Crippen molar-refractivity contribution in [2.75, 3.05) is 45.8 Å². The summed E-state index contributed by atoms with van der Waals surface area (Å²) in [4.78, 5) is 15.0. The Hall–Kier alpha value is -2.82. The van der Waals surface area contributed by atoms with Crippen molar-refractivity contribution in [1.82, 2.24) is 9.21 Å². The molecule has 202 valence electrons. The van der Waals surface area contributed by atoms with Crippen molar-refractivity contribution in [3.05, 3.63) is 53.6 Å². The Morgan fingerprint density at radius 2 is 1.84 bits per heavy atom. The highest BCUT2D eigenvalue weighted by Crippen LogP contribution is 2.47. The quantitative estimate of drug-likeness (QED) is 0.442. The van der Waals surface area contributed by atoms with E-state index in [0.29, 0.717) is 61.7 Å². The maximum atomic E-state index is 13.1. The summed E-state index contributed by atoms with van der Waals surface area (Å²) in [5, 5.41) is 10.7. The first-order valence-electron chi connectivity index (χ1n) is 12.8. The maximum absolute atomic E-state index is 13.1. The monoisotopic (exact) mass is 532 g/mol. The summed E-state index contributed by atoms with van der Waals surface area (Å²) in [6, 6.07) is 12.8. The molecule has 0 saturated carbocycles. The molecule has 2 aliphatic heterocycles. The van der Waals surface area contributed by atoms with Crippen LogP contribution in [-0.2, 0) is 20.4 Å². The molecule has 1 saturated heterocycles. The molecule has 0 aliphatic carbocycles. The zero-order valence-corrected chi connectivity index (χ0v) is 22.5. The lowest BCUT2D eigenvalue weighted by Crippen LogP contribution is -2.50. The van der Waals surface area contributed by atoms with Crippen molar-refractivity contribution in [3.63, 3.8) is 0 Å². The van der Waals surface area contributed by atoms with Gasteiger partial charge < -0.3 is 19.3 Å². The van der Waals surface area contributed by atoms with Crippen molar-refractivity contribution < 1.29 is 32.5 Å². The number of sulfonamides is 1. The fraction of sp³-hybridized carbons (Fsp3) is 0.519. The summed E-state index contributed by atoms with van der Waals surface area (Å²) >= 11 is 0. The SMILES string of the molecule is CCCN(CCN1CC(c2ccc3c(c2)OCO3)CC1(C(=O)O)c1ccc(OC)cc1)S(=O)(=O)CCC. The van der Waals surface area contributed by atoms with Crippen LogP contribution in [0.3, 0.4) is 0 Å². The smallest absolute Gasteiger partial charge is 0.328 e. The lowest BCUT2D eigenvalue weighted by Gasteiger charge is -2.36. The molecule has 2 aliphatic rings. The van der Waals surface area contributed by atoms with E-state index >= 15 is 0 Å². The van der Waals surface area contributed by atoms with Gasteiger partial charge in [0, 0.05) is 26.2 Å². The third-order valence-corrected chi connectivity index (χ3v) is 9.34. The molecule has 0 aromatic heterocycles. The molecule has 9 nitrogen and oxygen atoms in total. The maximum Gasteiger partial charge on any atom is 0.328 e. The van der Waals surface area contributed by atoms with Crippen LogP contribution < -0.4 is 14.2 Å². The van der Waals surface area contributed by atoms with E-state index in [1.54, 1.807) is 31.4 Å². The number of fused-ring (bicyclic) bond motifs is 1. The van der Waals surface area contributed by atoms with Gasteiger partial charge in [0.1, 0.15) is 11.3 Å². The number of hydrogen-bond donors (Lipinski definition) is 1. The molecule has 2 aromatic carbocycles. The van der Waals surface area contributed by atoms with E-state index in [1.165, 1.54) is 4.31 Å². The lowest BCUT2D eigenvalue weighted by atomic mass is 9.83. The summed E-state index contributed by atoms with van der Waals surface area (Å²) in [5.41, 5.74) is 0.289.